The van der Waals surface area contributed by atoms with Gasteiger partial charge in [-0.25, -0.2) is 4.98 Å². The summed E-state index contributed by atoms with van der Waals surface area (Å²) in [6.45, 7) is 3.56. The molecule has 0 aliphatic carbocycles. The molecule has 7 nitrogen and oxygen atoms in total. The summed E-state index contributed by atoms with van der Waals surface area (Å²) >= 11 is 0. The van der Waals surface area contributed by atoms with E-state index in [1.165, 1.54) is 0 Å². The fraction of sp³-hybridized carbons (Fsp3) is 0.345. The van der Waals surface area contributed by atoms with E-state index in [9.17, 15) is 4.79 Å². The number of hydrogen-bond donors (Lipinski definition) is 1. The number of Topliss-reactive ketones (excluding diaryl/α,β-unsaturated/α-hetero) is 1. The molecule has 0 bridgehead atoms. The Hall–Kier alpha value is -3.71. The predicted molar refractivity (Wildman–Crippen MR) is 141 cm³/mol. The zero-order valence-corrected chi connectivity index (χ0v) is 21.0. The maximum absolute atomic E-state index is 13.6. The molecule has 2 aromatic heterocycles. The van der Waals surface area contributed by atoms with Crippen molar-refractivity contribution >= 4 is 22.4 Å². The molecule has 1 aliphatic rings. The van der Waals surface area contributed by atoms with Gasteiger partial charge < -0.3 is 14.8 Å². The number of aromatic nitrogens is 3. The number of carbonyl (C=O) groups excluding carboxylic acids is 1. The van der Waals surface area contributed by atoms with Gasteiger partial charge in [-0.1, -0.05) is 24.3 Å². The molecule has 1 aliphatic heterocycles. The minimum absolute atomic E-state index is 0.0803. The molecule has 1 atom stereocenters. The third-order valence-corrected chi connectivity index (χ3v) is 6.92. The van der Waals surface area contributed by atoms with E-state index in [4.69, 9.17) is 9.47 Å². The fourth-order valence-corrected chi connectivity index (χ4v) is 4.88. The second kappa shape index (κ2) is 10.5. The molecule has 36 heavy (non-hydrogen) atoms. The van der Waals surface area contributed by atoms with Gasteiger partial charge in [-0.2, -0.15) is 5.10 Å². The standard InChI is InChI=1S/C29H32N4O3/c1-19-14-20(6-7-28(19)35-3)25(26-8-11-33(2)32-26)17-27(34)21-4-5-22-18-30-29(16-23(22)15-21)31-24-9-12-36-13-10-24/h4-8,11,14-16,18,24-25H,9-10,12-13,17H2,1-3H3,(H,30,31)/t25-/m0/s1. The number of ketones is 1. The normalized spacial score (nSPS) is 15.1. The lowest BCUT2D eigenvalue weighted by molar-refractivity contribution is 0.0904. The van der Waals surface area contributed by atoms with Crippen LogP contribution in [0.25, 0.3) is 10.8 Å². The highest BCUT2D eigenvalue weighted by Crippen LogP contribution is 2.32. The summed E-state index contributed by atoms with van der Waals surface area (Å²) in [7, 11) is 3.56. The Morgan fingerprint density at radius 1 is 1.14 bits per heavy atom. The first-order valence-corrected chi connectivity index (χ1v) is 12.4. The molecule has 0 spiro atoms. The van der Waals surface area contributed by atoms with E-state index in [2.05, 4.69) is 21.5 Å². The largest absolute Gasteiger partial charge is 0.496 e. The summed E-state index contributed by atoms with van der Waals surface area (Å²) in [6, 6.07) is 16.3. The molecule has 1 saturated heterocycles. The third-order valence-electron chi connectivity index (χ3n) is 6.92. The molecule has 1 N–H and O–H groups in total. The number of hydrogen-bond acceptors (Lipinski definition) is 6. The Balaban J connectivity index is 1.41. The number of nitrogens with zero attached hydrogens (tertiary/aromatic N) is 3. The molecule has 2 aromatic carbocycles. The number of benzene rings is 2. The van der Waals surface area contributed by atoms with Gasteiger partial charge in [-0.05, 0) is 60.5 Å². The number of ether oxygens (including phenoxy) is 2. The van der Waals surface area contributed by atoms with Gasteiger partial charge >= 0.3 is 0 Å². The van der Waals surface area contributed by atoms with Crippen molar-refractivity contribution in [1.82, 2.24) is 14.8 Å². The van der Waals surface area contributed by atoms with Crippen LogP contribution in [-0.4, -0.2) is 46.9 Å². The van der Waals surface area contributed by atoms with E-state index >= 15 is 0 Å². The molecular weight excluding hydrogens is 452 g/mol. The minimum Gasteiger partial charge on any atom is -0.496 e. The van der Waals surface area contributed by atoms with Crippen molar-refractivity contribution < 1.29 is 14.3 Å². The molecule has 1 fully saturated rings. The number of pyridine rings is 1. The number of methoxy groups -OCH3 is 1. The highest BCUT2D eigenvalue weighted by atomic mass is 16.5. The zero-order chi connectivity index (χ0) is 25.1. The van der Waals surface area contributed by atoms with E-state index in [-0.39, 0.29) is 11.7 Å². The van der Waals surface area contributed by atoms with E-state index in [0.29, 0.717) is 18.0 Å². The van der Waals surface area contributed by atoms with Gasteiger partial charge in [0.25, 0.3) is 0 Å². The van der Waals surface area contributed by atoms with E-state index in [0.717, 1.165) is 65.2 Å². The van der Waals surface area contributed by atoms with Crippen LogP contribution in [0.3, 0.4) is 0 Å². The number of nitrogens with one attached hydrogen (secondary N) is 1. The van der Waals surface area contributed by atoms with Crippen LogP contribution < -0.4 is 10.1 Å². The smallest absolute Gasteiger partial charge is 0.163 e. The highest BCUT2D eigenvalue weighted by molar-refractivity contribution is 6.00. The van der Waals surface area contributed by atoms with Crippen molar-refractivity contribution in [2.24, 2.45) is 7.05 Å². The van der Waals surface area contributed by atoms with Gasteiger partial charge in [-0.15, -0.1) is 0 Å². The van der Waals surface area contributed by atoms with Crippen LogP contribution in [0, 0.1) is 6.92 Å². The molecule has 0 amide bonds. The third kappa shape index (κ3) is 5.26. The second-order valence-electron chi connectivity index (χ2n) is 9.49. The maximum Gasteiger partial charge on any atom is 0.163 e. The first-order chi connectivity index (χ1) is 17.5. The molecule has 0 unspecified atom stereocenters. The first kappa shape index (κ1) is 24.0. The Morgan fingerprint density at radius 2 is 1.97 bits per heavy atom. The second-order valence-corrected chi connectivity index (χ2v) is 9.49. The van der Waals surface area contributed by atoms with Crippen LogP contribution in [0.15, 0.2) is 60.9 Å². The van der Waals surface area contributed by atoms with Gasteiger partial charge in [-0.3, -0.25) is 9.48 Å². The van der Waals surface area contributed by atoms with Crippen LogP contribution in [0.2, 0.25) is 0 Å². The summed E-state index contributed by atoms with van der Waals surface area (Å²) < 4.78 is 12.7. The molecule has 0 saturated carbocycles. The average molecular weight is 485 g/mol. The lowest BCUT2D eigenvalue weighted by Gasteiger charge is -2.23. The number of fused-ring (bicyclic) bond motifs is 1. The number of aryl methyl sites for hydroxylation is 2. The van der Waals surface area contributed by atoms with Crippen molar-refractivity contribution in [3.63, 3.8) is 0 Å². The molecule has 186 valence electrons. The van der Waals surface area contributed by atoms with E-state index in [1.54, 1.807) is 11.8 Å². The van der Waals surface area contributed by atoms with Gasteiger partial charge in [0, 0.05) is 62.0 Å². The Bertz CT molecular complexity index is 1370. The van der Waals surface area contributed by atoms with Crippen molar-refractivity contribution in [3.05, 3.63) is 83.3 Å². The number of rotatable bonds is 8. The zero-order valence-electron chi connectivity index (χ0n) is 21.0. The summed E-state index contributed by atoms with van der Waals surface area (Å²) in [5.74, 6) is 1.59. The summed E-state index contributed by atoms with van der Waals surface area (Å²) in [4.78, 5) is 18.1. The maximum atomic E-state index is 13.6. The minimum atomic E-state index is -0.151. The van der Waals surface area contributed by atoms with E-state index in [1.807, 2.05) is 68.8 Å². The van der Waals surface area contributed by atoms with Crippen LogP contribution in [0.4, 0.5) is 5.82 Å². The van der Waals surface area contributed by atoms with Crippen LogP contribution in [0.1, 0.15) is 52.4 Å². The molecule has 7 heteroatoms. The first-order valence-electron chi connectivity index (χ1n) is 12.4. The lowest BCUT2D eigenvalue weighted by Crippen LogP contribution is -2.28. The summed E-state index contributed by atoms with van der Waals surface area (Å²) in [5, 5.41) is 10.2. The van der Waals surface area contributed by atoms with Gasteiger partial charge in [0.2, 0.25) is 0 Å². The van der Waals surface area contributed by atoms with Crippen molar-refractivity contribution in [1.29, 1.82) is 0 Å². The summed E-state index contributed by atoms with van der Waals surface area (Å²) in [6.07, 6.45) is 6.05. The predicted octanol–water partition coefficient (Wildman–Crippen LogP) is 5.28. The lowest BCUT2D eigenvalue weighted by atomic mass is 9.88. The quantitative estimate of drug-likeness (QED) is 0.343. The number of anilines is 1. The number of carbonyl (C=O) groups is 1. The van der Waals surface area contributed by atoms with Gasteiger partial charge in [0.05, 0.1) is 12.8 Å². The molecule has 4 aromatic rings. The monoisotopic (exact) mass is 484 g/mol. The van der Waals surface area contributed by atoms with Gasteiger partial charge in [0.15, 0.2) is 5.78 Å². The van der Waals surface area contributed by atoms with Crippen LogP contribution >= 0.6 is 0 Å². The SMILES string of the molecule is COc1ccc([C@H](CC(=O)c2ccc3cnc(NC4CCOCC4)cc3c2)c2ccn(C)n2)cc1C. The average Bonchev–Trinajstić information content (AvgIpc) is 3.33. The van der Waals surface area contributed by atoms with Crippen LogP contribution in [0.5, 0.6) is 5.75 Å². The molecule has 3 heterocycles. The Kier molecular flexibility index (Phi) is 7.00. The Labute approximate surface area is 211 Å². The van der Waals surface area contributed by atoms with Crippen molar-refractivity contribution in [2.45, 2.75) is 38.1 Å². The van der Waals surface area contributed by atoms with Gasteiger partial charge in [0.1, 0.15) is 11.6 Å². The summed E-state index contributed by atoms with van der Waals surface area (Å²) in [5.41, 5.74) is 3.65. The molecule has 0 radical (unpaired) electrons. The highest BCUT2D eigenvalue weighted by Gasteiger charge is 2.23. The Morgan fingerprint density at radius 3 is 2.69 bits per heavy atom. The molecular formula is C29H32N4O3. The molecule has 5 rings (SSSR count). The van der Waals surface area contributed by atoms with E-state index < -0.39 is 0 Å². The van der Waals surface area contributed by atoms with Crippen LogP contribution in [-0.2, 0) is 11.8 Å². The van der Waals surface area contributed by atoms with Crippen molar-refractivity contribution in [3.8, 4) is 5.75 Å². The topological polar surface area (TPSA) is 78.3 Å². The van der Waals surface area contributed by atoms with Crippen molar-refractivity contribution in [2.75, 3.05) is 25.6 Å². The fourth-order valence-electron chi connectivity index (χ4n) is 4.88.